The van der Waals surface area contributed by atoms with Crippen LogP contribution in [-0.2, 0) is 0 Å². The normalized spacial score (nSPS) is 18.5. The lowest BCUT2D eigenvalue weighted by molar-refractivity contribution is -0.385. The van der Waals surface area contributed by atoms with E-state index in [4.69, 9.17) is 0 Å². The molecule has 0 unspecified atom stereocenters. The van der Waals surface area contributed by atoms with Gasteiger partial charge in [0.05, 0.1) is 9.40 Å². The number of nitrogens with zero attached hydrogens (tertiary/aromatic N) is 2. The summed E-state index contributed by atoms with van der Waals surface area (Å²) in [6.45, 7) is 3.62. The minimum Gasteiger partial charge on any atom is -0.369 e. The quantitative estimate of drug-likeness (QED) is 0.641. The number of anilines is 1. The molecule has 7 heteroatoms. The summed E-state index contributed by atoms with van der Waals surface area (Å²) in [7, 11) is 0. The minimum atomic E-state index is -0.417. The smallest absolute Gasteiger partial charge is 0.291 e. The molecule has 1 aromatic rings. The third kappa shape index (κ3) is 3.42. The first kappa shape index (κ1) is 14.2. The van der Waals surface area contributed by atoms with E-state index in [0.29, 0.717) is 21.9 Å². The Bertz CT molecular complexity index is 475. The third-order valence-electron chi connectivity index (χ3n) is 3.38. The number of hydrogen-bond acceptors (Lipinski definition) is 5. The summed E-state index contributed by atoms with van der Waals surface area (Å²) in [6.07, 6.45) is 4.79. The summed E-state index contributed by atoms with van der Waals surface area (Å²) in [5.41, 5.74) is 0.636. The summed E-state index contributed by atoms with van der Waals surface area (Å²) in [6, 6.07) is 0.574. The summed E-state index contributed by atoms with van der Waals surface area (Å²) in [4.78, 5) is 14.5. The number of rotatable bonds is 5. The predicted molar refractivity (Wildman–Crippen MR) is 77.5 cm³/mol. The molecule has 0 aromatic carbocycles. The highest BCUT2D eigenvalue weighted by molar-refractivity contribution is 9.10. The zero-order valence-electron chi connectivity index (χ0n) is 10.8. The Balaban J connectivity index is 1.96. The van der Waals surface area contributed by atoms with Gasteiger partial charge in [0.25, 0.3) is 5.69 Å². The van der Waals surface area contributed by atoms with Crippen LogP contribution in [0.3, 0.4) is 0 Å². The SMILES string of the molecule is Cc1c([N+](=O)[O-])cnc(NCC[C@H]2CCCN2)c1Br. The third-order valence-corrected chi connectivity index (χ3v) is 4.35. The Labute approximate surface area is 120 Å². The van der Waals surface area contributed by atoms with Crippen LogP contribution in [0, 0.1) is 17.0 Å². The van der Waals surface area contributed by atoms with Gasteiger partial charge in [-0.25, -0.2) is 4.98 Å². The molecule has 104 valence electrons. The minimum absolute atomic E-state index is 0.0369. The van der Waals surface area contributed by atoms with Crippen LogP contribution in [0.25, 0.3) is 0 Å². The molecule has 0 radical (unpaired) electrons. The van der Waals surface area contributed by atoms with Crippen molar-refractivity contribution >= 4 is 27.4 Å². The van der Waals surface area contributed by atoms with Gasteiger partial charge in [0.15, 0.2) is 0 Å². The molecule has 1 aromatic heterocycles. The van der Waals surface area contributed by atoms with Crippen molar-refractivity contribution in [3.63, 3.8) is 0 Å². The van der Waals surface area contributed by atoms with Crippen molar-refractivity contribution < 1.29 is 4.92 Å². The molecule has 1 atom stereocenters. The second kappa shape index (κ2) is 6.29. The maximum absolute atomic E-state index is 10.8. The summed E-state index contributed by atoms with van der Waals surface area (Å²) >= 11 is 3.37. The molecular weight excluding hydrogens is 312 g/mol. The molecule has 2 heterocycles. The maximum atomic E-state index is 10.8. The van der Waals surface area contributed by atoms with E-state index >= 15 is 0 Å². The largest absolute Gasteiger partial charge is 0.369 e. The van der Waals surface area contributed by atoms with E-state index in [9.17, 15) is 10.1 Å². The van der Waals surface area contributed by atoms with Gasteiger partial charge in [0.1, 0.15) is 12.0 Å². The molecular formula is C12H17BrN4O2. The number of nitrogens with one attached hydrogen (secondary N) is 2. The highest BCUT2D eigenvalue weighted by Crippen LogP contribution is 2.30. The van der Waals surface area contributed by atoms with E-state index in [-0.39, 0.29) is 5.69 Å². The molecule has 0 aliphatic carbocycles. The Morgan fingerprint density at radius 1 is 1.68 bits per heavy atom. The van der Waals surface area contributed by atoms with Crippen molar-refractivity contribution in [1.82, 2.24) is 10.3 Å². The first-order valence-electron chi connectivity index (χ1n) is 6.36. The average molecular weight is 329 g/mol. The molecule has 2 N–H and O–H groups in total. The zero-order valence-corrected chi connectivity index (χ0v) is 12.4. The lowest BCUT2D eigenvalue weighted by Gasteiger charge is -2.12. The van der Waals surface area contributed by atoms with Crippen LogP contribution in [0.15, 0.2) is 10.7 Å². The number of halogens is 1. The first-order chi connectivity index (χ1) is 9.09. The molecule has 0 amide bonds. The number of aromatic nitrogens is 1. The van der Waals surface area contributed by atoms with Crippen molar-refractivity contribution in [2.24, 2.45) is 0 Å². The van der Waals surface area contributed by atoms with Crippen LogP contribution < -0.4 is 10.6 Å². The molecule has 0 saturated carbocycles. The average Bonchev–Trinajstić information content (AvgIpc) is 2.87. The molecule has 2 rings (SSSR count). The Morgan fingerprint density at radius 2 is 2.47 bits per heavy atom. The fourth-order valence-electron chi connectivity index (χ4n) is 2.24. The Kier molecular flexibility index (Phi) is 4.71. The van der Waals surface area contributed by atoms with Gasteiger partial charge in [-0.1, -0.05) is 0 Å². The molecule has 6 nitrogen and oxygen atoms in total. The van der Waals surface area contributed by atoms with Gasteiger partial charge in [-0.05, 0) is 48.7 Å². The van der Waals surface area contributed by atoms with E-state index in [2.05, 4.69) is 31.5 Å². The zero-order chi connectivity index (χ0) is 13.8. The van der Waals surface area contributed by atoms with Crippen molar-refractivity contribution in [3.05, 3.63) is 26.3 Å². The molecule has 0 bridgehead atoms. The number of hydrogen-bond donors (Lipinski definition) is 2. The van der Waals surface area contributed by atoms with Crippen LogP contribution in [0.2, 0.25) is 0 Å². The van der Waals surface area contributed by atoms with E-state index in [1.807, 2.05) is 0 Å². The van der Waals surface area contributed by atoms with Crippen LogP contribution in [0.5, 0.6) is 0 Å². The molecule has 19 heavy (non-hydrogen) atoms. The van der Waals surface area contributed by atoms with E-state index in [1.54, 1.807) is 6.92 Å². The molecule has 0 spiro atoms. The molecule has 1 fully saturated rings. The summed E-state index contributed by atoms with van der Waals surface area (Å²) in [5.74, 6) is 0.668. The van der Waals surface area contributed by atoms with Crippen molar-refractivity contribution in [3.8, 4) is 0 Å². The van der Waals surface area contributed by atoms with Gasteiger partial charge in [-0.3, -0.25) is 10.1 Å². The second-order valence-electron chi connectivity index (χ2n) is 4.70. The van der Waals surface area contributed by atoms with E-state index in [0.717, 1.165) is 19.5 Å². The molecule has 1 saturated heterocycles. The van der Waals surface area contributed by atoms with Gasteiger partial charge in [-0.2, -0.15) is 0 Å². The second-order valence-corrected chi connectivity index (χ2v) is 5.49. The molecule has 1 aliphatic rings. The summed E-state index contributed by atoms with van der Waals surface area (Å²) in [5, 5.41) is 17.4. The fraction of sp³-hybridized carbons (Fsp3) is 0.583. The predicted octanol–water partition coefficient (Wildman–Crippen LogP) is 2.61. The van der Waals surface area contributed by atoms with Gasteiger partial charge in [-0.15, -0.1) is 0 Å². The number of pyridine rings is 1. The van der Waals surface area contributed by atoms with Crippen molar-refractivity contribution in [1.29, 1.82) is 0 Å². The van der Waals surface area contributed by atoms with E-state index in [1.165, 1.54) is 19.0 Å². The standard InChI is InChI=1S/C12H17BrN4O2/c1-8-10(17(18)19)7-16-12(11(8)13)15-6-4-9-3-2-5-14-9/h7,9,14H,2-6H2,1H3,(H,15,16)/t9-/m1/s1. The topological polar surface area (TPSA) is 80.1 Å². The van der Waals surface area contributed by atoms with Gasteiger partial charge < -0.3 is 10.6 Å². The van der Waals surface area contributed by atoms with Gasteiger partial charge >= 0.3 is 0 Å². The fourth-order valence-corrected chi connectivity index (χ4v) is 2.69. The van der Waals surface area contributed by atoms with Crippen molar-refractivity contribution in [2.45, 2.75) is 32.2 Å². The van der Waals surface area contributed by atoms with Crippen LogP contribution in [0.1, 0.15) is 24.8 Å². The lowest BCUT2D eigenvalue weighted by atomic mass is 10.1. The van der Waals surface area contributed by atoms with Crippen molar-refractivity contribution in [2.75, 3.05) is 18.4 Å². The van der Waals surface area contributed by atoms with E-state index < -0.39 is 4.92 Å². The number of nitro groups is 1. The Hall–Kier alpha value is -1.21. The summed E-state index contributed by atoms with van der Waals surface area (Å²) < 4.78 is 0.668. The van der Waals surface area contributed by atoms with Crippen LogP contribution in [-0.4, -0.2) is 29.0 Å². The highest BCUT2D eigenvalue weighted by Gasteiger charge is 2.18. The maximum Gasteiger partial charge on any atom is 0.291 e. The lowest BCUT2D eigenvalue weighted by Crippen LogP contribution is -2.24. The Morgan fingerprint density at radius 3 is 3.11 bits per heavy atom. The van der Waals surface area contributed by atoms with Gasteiger partial charge in [0, 0.05) is 18.2 Å². The van der Waals surface area contributed by atoms with Crippen LogP contribution in [0.4, 0.5) is 11.5 Å². The highest BCUT2D eigenvalue weighted by atomic mass is 79.9. The van der Waals surface area contributed by atoms with Crippen LogP contribution >= 0.6 is 15.9 Å². The molecule has 1 aliphatic heterocycles. The van der Waals surface area contributed by atoms with Gasteiger partial charge in [0.2, 0.25) is 0 Å². The first-order valence-corrected chi connectivity index (χ1v) is 7.15. The monoisotopic (exact) mass is 328 g/mol.